The van der Waals surface area contributed by atoms with Crippen LogP contribution in [-0.4, -0.2) is 46.9 Å². The van der Waals surface area contributed by atoms with Crippen LogP contribution in [0.1, 0.15) is 44.2 Å². The number of carbonyl (C=O) groups excluding carboxylic acids is 2. The van der Waals surface area contributed by atoms with Crippen molar-refractivity contribution in [2.45, 2.75) is 26.1 Å². The van der Waals surface area contributed by atoms with Crippen LogP contribution in [0.2, 0.25) is 0 Å². The third-order valence-electron chi connectivity index (χ3n) is 7.50. The summed E-state index contributed by atoms with van der Waals surface area (Å²) in [5.41, 5.74) is 4.53. The molecule has 0 radical (unpaired) electrons. The van der Waals surface area contributed by atoms with Gasteiger partial charge in [-0.05, 0) is 71.6 Å². The topological polar surface area (TPSA) is 107 Å². The lowest BCUT2D eigenvalue weighted by Gasteiger charge is -2.26. The van der Waals surface area contributed by atoms with Crippen LogP contribution in [0.15, 0.2) is 103 Å². The molecule has 1 fully saturated rings. The average Bonchev–Trinajstić information content (AvgIpc) is 3.25. The Kier molecular flexibility index (Phi) is 8.29. The van der Waals surface area contributed by atoms with Crippen LogP contribution in [0.25, 0.3) is 5.76 Å². The SMILES string of the molecule is Cc1cc(/C(O)=C2/C(=O)C(=O)N(Cc3ccc(C(=O)O)cc3)C2c2ccc(N(C)C)cc2)ccc1OCc1ccccc1. The van der Waals surface area contributed by atoms with Gasteiger partial charge < -0.3 is 24.7 Å². The van der Waals surface area contributed by atoms with Gasteiger partial charge in [0.05, 0.1) is 17.2 Å². The monoisotopic (exact) mass is 576 g/mol. The Bertz CT molecular complexity index is 1690. The Morgan fingerprint density at radius 1 is 0.837 bits per heavy atom. The van der Waals surface area contributed by atoms with Gasteiger partial charge in [0, 0.05) is 31.9 Å². The van der Waals surface area contributed by atoms with Crippen LogP contribution in [-0.2, 0) is 22.7 Å². The summed E-state index contributed by atoms with van der Waals surface area (Å²) in [5.74, 6) is -2.23. The zero-order valence-corrected chi connectivity index (χ0v) is 24.2. The van der Waals surface area contributed by atoms with Crippen LogP contribution < -0.4 is 9.64 Å². The number of aromatic carboxylic acids is 1. The zero-order valence-electron chi connectivity index (χ0n) is 24.2. The Balaban J connectivity index is 1.52. The number of hydrogen-bond donors (Lipinski definition) is 2. The number of nitrogens with zero attached hydrogens (tertiary/aromatic N) is 2. The first-order valence-corrected chi connectivity index (χ1v) is 13.8. The number of Topliss-reactive ketones (excluding diaryl/α,β-unsaturated/α-hetero) is 1. The summed E-state index contributed by atoms with van der Waals surface area (Å²) in [6, 6.07) is 27.7. The highest BCUT2D eigenvalue weighted by Gasteiger charge is 2.46. The fourth-order valence-corrected chi connectivity index (χ4v) is 5.14. The molecule has 1 unspecified atom stereocenters. The first-order valence-electron chi connectivity index (χ1n) is 13.8. The number of carboxylic acid groups (broad SMARTS) is 1. The van der Waals surface area contributed by atoms with Crippen molar-refractivity contribution in [2.24, 2.45) is 0 Å². The van der Waals surface area contributed by atoms with Crippen molar-refractivity contribution in [1.29, 1.82) is 0 Å². The summed E-state index contributed by atoms with van der Waals surface area (Å²) in [5, 5.41) is 20.8. The smallest absolute Gasteiger partial charge is 0.335 e. The number of rotatable bonds is 9. The molecule has 4 aromatic carbocycles. The predicted molar refractivity (Wildman–Crippen MR) is 164 cm³/mol. The molecule has 8 nitrogen and oxygen atoms in total. The number of hydrogen-bond acceptors (Lipinski definition) is 6. The highest BCUT2D eigenvalue weighted by molar-refractivity contribution is 6.46. The highest BCUT2D eigenvalue weighted by Crippen LogP contribution is 2.41. The molecule has 0 bridgehead atoms. The number of benzene rings is 4. The molecule has 8 heteroatoms. The van der Waals surface area contributed by atoms with E-state index in [1.165, 1.54) is 17.0 Å². The summed E-state index contributed by atoms with van der Waals surface area (Å²) in [6.45, 7) is 2.29. The van der Waals surface area contributed by atoms with E-state index in [0.717, 1.165) is 16.8 Å². The molecule has 1 aliphatic rings. The summed E-state index contributed by atoms with van der Waals surface area (Å²) in [7, 11) is 3.83. The van der Waals surface area contributed by atoms with Gasteiger partial charge in [0.15, 0.2) is 0 Å². The molecular formula is C35H32N2O6. The third kappa shape index (κ3) is 6.13. The van der Waals surface area contributed by atoms with Crippen LogP contribution in [0.4, 0.5) is 5.69 Å². The van der Waals surface area contributed by atoms with Gasteiger partial charge in [0.2, 0.25) is 0 Å². The van der Waals surface area contributed by atoms with E-state index in [-0.39, 0.29) is 23.4 Å². The molecule has 1 atom stereocenters. The van der Waals surface area contributed by atoms with Crippen LogP contribution in [0, 0.1) is 6.92 Å². The van der Waals surface area contributed by atoms with E-state index < -0.39 is 23.7 Å². The highest BCUT2D eigenvalue weighted by atomic mass is 16.5. The van der Waals surface area contributed by atoms with Gasteiger partial charge in [-0.25, -0.2) is 4.79 Å². The van der Waals surface area contributed by atoms with E-state index >= 15 is 0 Å². The predicted octanol–water partition coefficient (Wildman–Crippen LogP) is 5.96. The van der Waals surface area contributed by atoms with Crippen molar-refractivity contribution in [1.82, 2.24) is 4.90 Å². The van der Waals surface area contributed by atoms with Crippen molar-refractivity contribution < 1.29 is 29.3 Å². The molecule has 1 saturated heterocycles. The molecule has 43 heavy (non-hydrogen) atoms. The van der Waals surface area contributed by atoms with Gasteiger partial charge in [-0.3, -0.25) is 9.59 Å². The molecule has 0 aromatic heterocycles. The van der Waals surface area contributed by atoms with Crippen molar-refractivity contribution in [3.63, 3.8) is 0 Å². The van der Waals surface area contributed by atoms with Crippen LogP contribution in [0.3, 0.4) is 0 Å². The third-order valence-corrected chi connectivity index (χ3v) is 7.50. The normalized spacial score (nSPS) is 15.9. The zero-order chi connectivity index (χ0) is 30.7. The van der Waals surface area contributed by atoms with Crippen molar-refractivity contribution in [3.05, 3.63) is 136 Å². The van der Waals surface area contributed by atoms with E-state index in [1.54, 1.807) is 30.3 Å². The van der Waals surface area contributed by atoms with Gasteiger partial charge in [0.1, 0.15) is 18.1 Å². The van der Waals surface area contributed by atoms with Gasteiger partial charge in [-0.15, -0.1) is 0 Å². The molecule has 5 rings (SSSR count). The number of amides is 1. The van der Waals surface area contributed by atoms with E-state index in [2.05, 4.69) is 0 Å². The molecule has 0 spiro atoms. The number of likely N-dealkylation sites (tertiary alicyclic amines) is 1. The maximum atomic E-state index is 13.5. The summed E-state index contributed by atoms with van der Waals surface area (Å²) >= 11 is 0. The fourth-order valence-electron chi connectivity index (χ4n) is 5.14. The second-order valence-corrected chi connectivity index (χ2v) is 10.7. The lowest BCUT2D eigenvalue weighted by atomic mass is 9.94. The van der Waals surface area contributed by atoms with Crippen LogP contribution >= 0.6 is 0 Å². The standard InChI is InChI=1S/C35H32N2O6/c1-22-19-27(15-18-29(22)43-21-24-7-5-4-6-8-24)32(38)30-31(25-13-16-28(17-14-25)36(2)3)37(34(40)33(30)39)20-23-9-11-26(12-10-23)35(41)42/h4-19,31,38H,20-21H2,1-3H3,(H,41,42)/b32-30-. The summed E-state index contributed by atoms with van der Waals surface area (Å²) in [4.78, 5) is 41.6. The lowest BCUT2D eigenvalue weighted by molar-refractivity contribution is -0.140. The molecule has 1 aliphatic heterocycles. The van der Waals surface area contributed by atoms with E-state index in [1.807, 2.05) is 80.5 Å². The molecule has 218 valence electrons. The molecule has 0 aliphatic carbocycles. The minimum Gasteiger partial charge on any atom is -0.507 e. The Morgan fingerprint density at radius 3 is 2.09 bits per heavy atom. The maximum Gasteiger partial charge on any atom is 0.335 e. The van der Waals surface area contributed by atoms with Gasteiger partial charge in [-0.1, -0.05) is 54.6 Å². The Morgan fingerprint density at radius 2 is 1.49 bits per heavy atom. The molecule has 4 aromatic rings. The minimum atomic E-state index is -1.06. The number of aliphatic hydroxyl groups excluding tert-OH is 1. The first kappa shape index (κ1) is 29.1. The fraction of sp³-hybridized carbons (Fsp3) is 0.171. The van der Waals surface area contributed by atoms with Crippen molar-refractivity contribution >= 4 is 29.1 Å². The number of aliphatic hydroxyl groups is 1. The molecule has 1 amide bonds. The van der Waals surface area contributed by atoms with E-state index in [4.69, 9.17) is 4.74 Å². The Hall–Kier alpha value is -5.37. The molecule has 0 saturated carbocycles. The number of aryl methyl sites for hydroxylation is 1. The molecular weight excluding hydrogens is 544 g/mol. The van der Waals surface area contributed by atoms with E-state index in [9.17, 15) is 24.6 Å². The molecule has 1 heterocycles. The van der Waals surface area contributed by atoms with Gasteiger partial charge in [0.25, 0.3) is 11.7 Å². The number of ether oxygens (including phenoxy) is 1. The lowest BCUT2D eigenvalue weighted by Crippen LogP contribution is -2.29. The van der Waals surface area contributed by atoms with Crippen molar-refractivity contribution in [2.75, 3.05) is 19.0 Å². The van der Waals surface area contributed by atoms with Crippen molar-refractivity contribution in [3.8, 4) is 5.75 Å². The number of anilines is 1. The second kappa shape index (κ2) is 12.2. The quantitative estimate of drug-likeness (QED) is 0.144. The maximum absolute atomic E-state index is 13.5. The summed E-state index contributed by atoms with van der Waals surface area (Å²) < 4.78 is 5.98. The van der Waals surface area contributed by atoms with Gasteiger partial charge >= 0.3 is 5.97 Å². The van der Waals surface area contributed by atoms with Gasteiger partial charge in [-0.2, -0.15) is 0 Å². The number of ketones is 1. The minimum absolute atomic E-state index is 0.0119. The average molecular weight is 577 g/mol. The Labute approximate surface area is 250 Å². The van der Waals surface area contributed by atoms with E-state index in [0.29, 0.717) is 29.0 Å². The summed E-state index contributed by atoms with van der Waals surface area (Å²) in [6.07, 6.45) is 0. The molecule has 2 N–H and O–H groups in total. The van der Waals surface area contributed by atoms with Crippen LogP contribution in [0.5, 0.6) is 5.75 Å². The number of carbonyl (C=O) groups is 3. The first-order chi connectivity index (χ1) is 20.6. The largest absolute Gasteiger partial charge is 0.507 e. The number of carboxylic acids is 1. The second-order valence-electron chi connectivity index (χ2n) is 10.7.